The number of nitrogens with zero attached hydrogens (tertiary/aromatic N) is 2. The summed E-state index contributed by atoms with van der Waals surface area (Å²) in [4.78, 5) is 28.5. The van der Waals surface area contributed by atoms with E-state index in [4.69, 9.17) is 5.73 Å². The van der Waals surface area contributed by atoms with Gasteiger partial charge in [0, 0.05) is 31.3 Å². The standard InChI is InChI=1S/C15H27N3O2S.ClH/c1-3-4-14(19)18-10-21-9-13(18)15(20)17-7-5-12(6-8-17)11(2)16;/h11-13H,3-10,16H2,1-2H3;1H. The summed E-state index contributed by atoms with van der Waals surface area (Å²) in [6, 6.07) is -0.0483. The van der Waals surface area contributed by atoms with Crippen LogP contribution in [0.4, 0.5) is 0 Å². The first-order valence-corrected chi connectivity index (χ1v) is 9.11. The van der Waals surface area contributed by atoms with Gasteiger partial charge >= 0.3 is 0 Å². The lowest BCUT2D eigenvalue weighted by atomic mass is 9.90. The molecule has 0 saturated carbocycles. The number of likely N-dealkylation sites (tertiary alicyclic amines) is 1. The topological polar surface area (TPSA) is 66.6 Å². The maximum absolute atomic E-state index is 12.7. The number of amides is 2. The monoisotopic (exact) mass is 349 g/mol. The van der Waals surface area contributed by atoms with Crippen molar-refractivity contribution in [1.29, 1.82) is 0 Å². The SMILES string of the molecule is CCCC(=O)N1CSCC1C(=O)N1CCC(C(C)N)CC1.Cl. The van der Waals surface area contributed by atoms with Crippen molar-refractivity contribution in [2.75, 3.05) is 24.7 Å². The summed E-state index contributed by atoms with van der Waals surface area (Å²) in [5, 5.41) is 0. The van der Waals surface area contributed by atoms with E-state index in [0.29, 0.717) is 18.2 Å². The van der Waals surface area contributed by atoms with E-state index < -0.39 is 0 Å². The molecule has 0 spiro atoms. The molecule has 2 N–H and O–H groups in total. The number of thioether (sulfide) groups is 1. The summed E-state index contributed by atoms with van der Waals surface area (Å²) < 4.78 is 0. The molecule has 0 bridgehead atoms. The minimum absolute atomic E-state index is 0. The molecule has 2 amide bonds. The Kier molecular flexibility index (Phi) is 8.00. The summed E-state index contributed by atoms with van der Waals surface area (Å²) in [6.07, 6.45) is 3.33. The van der Waals surface area contributed by atoms with Crippen LogP contribution in [0.15, 0.2) is 0 Å². The molecule has 2 aliphatic rings. The van der Waals surface area contributed by atoms with E-state index in [1.165, 1.54) is 0 Å². The van der Waals surface area contributed by atoms with Crippen LogP contribution in [0.3, 0.4) is 0 Å². The summed E-state index contributed by atoms with van der Waals surface area (Å²) in [7, 11) is 0. The zero-order valence-electron chi connectivity index (χ0n) is 13.5. The minimum Gasteiger partial charge on any atom is -0.341 e. The van der Waals surface area contributed by atoms with Crippen LogP contribution in [0.1, 0.15) is 39.5 Å². The fraction of sp³-hybridized carbons (Fsp3) is 0.867. The number of piperidine rings is 1. The average molecular weight is 350 g/mol. The lowest BCUT2D eigenvalue weighted by Crippen LogP contribution is -2.51. The van der Waals surface area contributed by atoms with Gasteiger partial charge < -0.3 is 15.5 Å². The summed E-state index contributed by atoms with van der Waals surface area (Å²) >= 11 is 1.68. The van der Waals surface area contributed by atoms with Crippen molar-refractivity contribution in [3.63, 3.8) is 0 Å². The summed E-state index contributed by atoms with van der Waals surface area (Å²) in [5.74, 6) is 2.16. The molecule has 2 unspecified atom stereocenters. The number of rotatable bonds is 4. The fourth-order valence-corrected chi connectivity index (χ4v) is 4.28. The van der Waals surface area contributed by atoms with Crippen molar-refractivity contribution in [3.05, 3.63) is 0 Å². The van der Waals surface area contributed by atoms with Gasteiger partial charge in [0.05, 0.1) is 5.88 Å². The van der Waals surface area contributed by atoms with Crippen molar-refractivity contribution in [2.45, 2.75) is 51.6 Å². The molecule has 22 heavy (non-hydrogen) atoms. The average Bonchev–Trinajstić information content (AvgIpc) is 2.96. The highest BCUT2D eigenvalue weighted by molar-refractivity contribution is 7.99. The Balaban J connectivity index is 0.00000242. The zero-order valence-corrected chi connectivity index (χ0v) is 15.1. The molecule has 0 radical (unpaired) electrons. The van der Waals surface area contributed by atoms with Crippen LogP contribution < -0.4 is 5.73 Å². The van der Waals surface area contributed by atoms with Gasteiger partial charge in [-0.2, -0.15) is 0 Å². The van der Waals surface area contributed by atoms with Gasteiger partial charge in [-0.15, -0.1) is 24.2 Å². The van der Waals surface area contributed by atoms with Crippen LogP contribution in [0.5, 0.6) is 0 Å². The minimum atomic E-state index is -0.249. The first-order valence-electron chi connectivity index (χ1n) is 7.96. The van der Waals surface area contributed by atoms with Crippen LogP contribution >= 0.6 is 24.2 Å². The second-order valence-electron chi connectivity index (χ2n) is 6.15. The summed E-state index contributed by atoms with van der Waals surface area (Å²) in [5.41, 5.74) is 5.95. The lowest BCUT2D eigenvalue weighted by molar-refractivity contribution is -0.144. The maximum atomic E-state index is 12.7. The van der Waals surface area contributed by atoms with E-state index in [2.05, 4.69) is 0 Å². The van der Waals surface area contributed by atoms with Crippen LogP contribution in [0.2, 0.25) is 0 Å². The van der Waals surface area contributed by atoms with Crippen molar-refractivity contribution < 1.29 is 9.59 Å². The van der Waals surface area contributed by atoms with E-state index in [-0.39, 0.29) is 36.3 Å². The molecule has 0 aromatic carbocycles. The lowest BCUT2D eigenvalue weighted by Gasteiger charge is -2.36. The maximum Gasteiger partial charge on any atom is 0.246 e. The highest BCUT2D eigenvalue weighted by atomic mass is 35.5. The number of carbonyl (C=O) groups is 2. The molecule has 2 heterocycles. The van der Waals surface area contributed by atoms with Crippen molar-refractivity contribution >= 4 is 36.0 Å². The normalized spacial score (nSPS) is 24.0. The Morgan fingerprint density at radius 2 is 1.95 bits per heavy atom. The molecule has 128 valence electrons. The number of hydrogen-bond acceptors (Lipinski definition) is 4. The molecule has 2 fully saturated rings. The van der Waals surface area contributed by atoms with Crippen LogP contribution in [-0.4, -0.2) is 58.4 Å². The van der Waals surface area contributed by atoms with Crippen molar-refractivity contribution in [3.8, 4) is 0 Å². The van der Waals surface area contributed by atoms with Crippen LogP contribution in [-0.2, 0) is 9.59 Å². The number of nitrogens with two attached hydrogens (primary N) is 1. The Morgan fingerprint density at radius 3 is 2.50 bits per heavy atom. The highest BCUT2D eigenvalue weighted by Crippen LogP contribution is 2.26. The Hall–Kier alpha value is -0.460. The van der Waals surface area contributed by atoms with E-state index in [1.54, 1.807) is 16.7 Å². The van der Waals surface area contributed by atoms with Gasteiger partial charge in [-0.25, -0.2) is 0 Å². The molecule has 5 nitrogen and oxygen atoms in total. The molecule has 2 saturated heterocycles. The Bertz CT molecular complexity index is 387. The van der Waals surface area contributed by atoms with E-state index in [9.17, 15) is 9.59 Å². The van der Waals surface area contributed by atoms with E-state index in [0.717, 1.165) is 38.1 Å². The van der Waals surface area contributed by atoms with Crippen molar-refractivity contribution in [2.24, 2.45) is 11.7 Å². The van der Waals surface area contributed by atoms with Gasteiger partial charge in [-0.3, -0.25) is 9.59 Å². The predicted molar refractivity (Wildman–Crippen MR) is 93.1 cm³/mol. The van der Waals surface area contributed by atoms with E-state index >= 15 is 0 Å². The molecule has 2 atom stereocenters. The fourth-order valence-electron chi connectivity index (χ4n) is 3.11. The van der Waals surface area contributed by atoms with Gasteiger partial charge in [0.1, 0.15) is 6.04 Å². The Labute approximate surface area is 143 Å². The third-order valence-corrected chi connectivity index (χ3v) is 5.56. The number of halogens is 1. The van der Waals surface area contributed by atoms with Gasteiger partial charge in [0.2, 0.25) is 11.8 Å². The molecular formula is C15H28ClN3O2S. The third kappa shape index (κ3) is 4.52. The van der Waals surface area contributed by atoms with Crippen LogP contribution in [0.25, 0.3) is 0 Å². The van der Waals surface area contributed by atoms with Gasteiger partial charge in [0.15, 0.2) is 0 Å². The molecule has 0 aromatic rings. The Morgan fingerprint density at radius 1 is 1.32 bits per heavy atom. The number of hydrogen-bond donors (Lipinski definition) is 1. The molecule has 0 aromatic heterocycles. The molecule has 2 rings (SSSR count). The second-order valence-corrected chi connectivity index (χ2v) is 7.15. The van der Waals surface area contributed by atoms with Gasteiger partial charge in [-0.05, 0) is 32.1 Å². The highest BCUT2D eigenvalue weighted by Gasteiger charge is 2.37. The first kappa shape index (κ1) is 19.6. The molecule has 7 heteroatoms. The van der Waals surface area contributed by atoms with Gasteiger partial charge in [0.25, 0.3) is 0 Å². The molecular weight excluding hydrogens is 322 g/mol. The first-order chi connectivity index (χ1) is 10.0. The van der Waals surface area contributed by atoms with Crippen molar-refractivity contribution in [1.82, 2.24) is 9.80 Å². The largest absolute Gasteiger partial charge is 0.341 e. The van der Waals surface area contributed by atoms with Gasteiger partial charge in [-0.1, -0.05) is 6.92 Å². The van der Waals surface area contributed by atoms with Crippen LogP contribution in [0, 0.1) is 5.92 Å². The summed E-state index contributed by atoms with van der Waals surface area (Å²) in [6.45, 7) is 5.60. The molecule has 2 aliphatic heterocycles. The van der Waals surface area contributed by atoms with E-state index in [1.807, 2.05) is 18.7 Å². The smallest absolute Gasteiger partial charge is 0.246 e. The third-order valence-electron chi connectivity index (χ3n) is 4.55. The quantitative estimate of drug-likeness (QED) is 0.838. The predicted octanol–water partition coefficient (Wildman–Crippen LogP) is 1.70. The number of carbonyl (C=O) groups excluding carboxylic acids is 2. The second kappa shape index (κ2) is 8.99. The zero-order chi connectivity index (χ0) is 15.4. The molecule has 0 aliphatic carbocycles.